The number of hydrogen-bond donors (Lipinski definition) is 2. The number of carbonyl (C=O) groups excluding carboxylic acids is 2. The fraction of sp³-hybridized carbons (Fsp3) is 0.333. The second-order valence-electron chi connectivity index (χ2n) is 7.78. The zero-order chi connectivity index (χ0) is 19.9. The summed E-state index contributed by atoms with van der Waals surface area (Å²) in [5.74, 6) is -0.668. The second-order valence-corrected chi connectivity index (χ2v) is 9.67. The first-order valence-corrected chi connectivity index (χ1v) is 10.8. The molecule has 2 aliphatic heterocycles. The van der Waals surface area contributed by atoms with Crippen LogP contribution in [0.4, 0.5) is 0 Å². The molecule has 1 amide bonds. The lowest BCUT2D eigenvalue weighted by Crippen LogP contribution is -2.42. The Morgan fingerprint density at radius 2 is 1.72 bits per heavy atom. The van der Waals surface area contributed by atoms with E-state index in [4.69, 9.17) is 0 Å². The minimum Gasteiger partial charge on any atom is -0.351 e. The molecule has 154 valence electrons. The van der Waals surface area contributed by atoms with Gasteiger partial charge in [0.15, 0.2) is 5.78 Å². The lowest BCUT2D eigenvalue weighted by molar-refractivity contribution is 0.0920. The standard InChI is InChI=1S/C21H22N2O4S.ClH/c1-21(8-10-22-11-9-21)13-23-20(25)14-6-7-16-18(12-14)28(26,27)17-5-3-2-4-15(17)19(16)24;/h2-7,12,22H,8-11,13H2,1H3,(H,23,25);1H. The lowest BCUT2D eigenvalue weighted by atomic mass is 9.81. The molecule has 2 heterocycles. The Kier molecular flexibility index (Phi) is 5.85. The number of fused-ring (bicyclic) bond motifs is 2. The Labute approximate surface area is 176 Å². The van der Waals surface area contributed by atoms with Gasteiger partial charge in [0.2, 0.25) is 9.84 Å². The molecule has 0 bridgehead atoms. The SMILES string of the molecule is CC1(CNC(=O)c2ccc3c(c2)S(=O)(=O)c2ccccc2C3=O)CCNCC1.Cl. The molecule has 29 heavy (non-hydrogen) atoms. The molecule has 2 N–H and O–H groups in total. The van der Waals surface area contributed by atoms with Gasteiger partial charge in [0.05, 0.1) is 9.79 Å². The molecule has 1 fully saturated rings. The molecule has 8 heteroatoms. The third kappa shape index (κ3) is 3.82. The van der Waals surface area contributed by atoms with Crippen LogP contribution in [0.15, 0.2) is 52.3 Å². The molecule has 4 rings (SSSR count). The van der Waals surface area contributed by atoms with E-state index in [1.54, 1.807) is 12.1 Å². The van der Waals surface area contributed by atoms with E-state index in [9.17, 15) is 18.0 Å². The highest BCUT2D eigenvalue weighted by Crippen LogP contribution is 2.35. The van der Waals surface area contributed by atoms with Crippen LogP contribution < -0.4 is 10.6 Å². The zero-order valence-electron chi connectivity index (χ0n) is 16.0. The van der Waals surface area contributed by atoms with Gasteiger partial charge < -0.3 is 10.6 Å². The van der Waals surface area contributed by atoms with Crippen molar-refractivity contribution in [1.29, 1.82) is 0 Å². The number of piperidine rings is 1. The smallest absolute Gasteiger partial charge is 0.251 e. The van der Waals surface area contributed by atoms with Gasteiger partial charge in [-0.25, -0.2) is 8.42 Å². The van der Waals surface area contributed by atoms with Gasteiger partial charge in [-0.1, -0.05) is 19.1 Å². The van der Waals surface area contributed by atoms with Crippen molar-refractivity contribution in [2.45, 2.75) is 29.6 Å². The molecule has 0 atom stereocenters. The van der Waals surface area contributed by atoms with Gasteiger partial charge in [-0.05, 0) is 61.7 Å². The van der Waals surface area contributed by atoms with Gasteiger partial charge in [-0.3, -0.25) is 9.59 Å². The minimum absolute atomic E-state index is 0. The van der Waals surface area contributed by atoms with Crippen LogP contribution in [0.2, 0.25) is 0 Å². The number of benzene rings is 2. The first-order chi connectivity index (χ1) is 13.3. The van der Waals surface area contributed by atoms with Crippen molar-refractivity contribution in [3.63, 3.8) is 0 Å². The first-order valence-electron chi connectivity index (χ1n) is 9.34. The predicted octanol–water partition coefficient (Wildman–Crippen LogP) is 2.61. The summed E-state index contributed by atoms with van der Waals surface area (Å²) >= 11 is 0. The van der Waals surface area contributed by atoms with Crippen LogP contribution in [-0.2, 0) is 9.84 Å². The Balaban J connectivity index is 0.00000240. The fourth-order valence-electron chi connectivity index (χ4n) is 3.83. The summed E-state index contributed by atoms with van der Waals surface area (Å²) in [6.45, 7) is 4.51. The van der Waals surface area contributed by atoms with E-state index in [0.29, 0.717) is 6.54 Å². The van der Waals surface area contributed by atoms with Crippen LogP contribution in [0.5, 0.6) is 0 Å². The van der Waals surface area contributed by atoms with Crippen molar-refractivity contribution in [2.75, 3.05) is 19.6 Å². The fourth-order valence-corrected chi connectivity index (χ4v) is 5.51. The summed E-state index contributed by atoms with van der Waals surface area (Å²) in [7, 11) is -3.85. The third-order valence-corrected chi connectivity index (χ3v) is 7.54. The van der Waals surface area contributed by atoms with Crippen molar-refractivity contribution in [2.24, 2.45) is 5.41 Å². The summed E-state index contributed by atoms with van der Waals surface area (Å²) in [5.41, 5.74) is 0.550. The second kappa shape index (κ2) is 7.89. The van der Waals surface area contributed by atoms with Crippen LogP contribution in [0.3, 0.4) is 0 Å². The highest BCUT2D eigenvalue weighted by molar-refractivity contribution is 7.91. The van der Waals surface area contributed by atoms with Crippen molar-refractivity contribution in [3.05, 3.63) is 59.2 Å². The number of carbonyl (C=O) groups is 2. The van der Waals surface area contributed by atoms with Crippen LogP contribution in [0, 0.1) is 5.41 Å². The van der Waals surface area contributed by atoms with Gasteiger partial charge >= 0.3 is 0 Å². The zero-order valence-corrected chi connectivity index (χ0v) is 17.7. The molecule has 0 aliphatic carbocycles. The number of halogens is 1. The Hall–Kier alpha value is -2.22. The van der Waals surface area contributed by atoms with Gasteiger partial charge in [0.25, 0.3) is 5.91 Å². The van der Waals surface area contributed by atoms with E-state index in [1.807, 2.05) is 0 Å². The van der Waals surface area contributed by atoms with E-state index >= 15 is 0 Å². The van der Waals surface area contributed by atoms with Crippen LogP contribution in [0.25, 0.3) is 0 Å². The number of rotatable bonds is 3. The number of nitrogens with one attached hydrogen (secondary N) is 2. The Morgan fingerprint density at radius 3 is 2.45 bits per heavy atom. The molecular weight excluding hydrogens is 412 g/mol. The molecule has 0 unspecified atom stereocenters. The average molecular weight is 435 g/mol. The molecule has 6 nitrogen and oxygen atoms in total. The highest BCUT2D eigenvalue weighted by Gasteiger charge is 2.35. The Bertz CT molecular complexity index is 1080. The third-order valence-electron chi connectivity index (χ3n) is 5.69. The number of sulfone groups is 1. The normalized spacial score (nSPS) is 18.7. The van der Waals surface area contributed by atoms with Gasteiger partial charge in [0.1, 0.15) is 0 Å². The molecule has 0 radical (unpaired) electrons. The first kappa shape index (κ1) is 21.5. The van der Waals surface area contributed by atoms with Crippen molar-refractivity contribution in [1.82, 2.24) is 10.6 Å². The summed E-state index contributed by atoms with van der Waals surface area (Å²) in [5, 5.41) is 6.23. The van der Waals surface area contributed by atoms with Crippen LogP contribution >= 0.6 is 12.4 Å². The Morgan fingerprint density at radius 1 is 1.07 bits per heavy atom. The monoisotopic (exact) mass is 434 g/mol. The maximum absolute atomic E-state index is 13.0. The highest BCUT2D eigenvalue weighted by atomic mass is 35.5. The summed E-state index contributed by atoms with van der Waals surface area (Å²) in [6.07, 6.45) is 1.94. The largest absolute Gasteiger partial charge is 0.351 e. The van der Waals surface area contributed by atoms with E-state index in [-0.39, 0.29) is 56.0 Å². The van der Waals surface area contributed by atoms with Gasteiger partial charge in [-0.15, -0.1) is 12.4 Å². The van der Waals surface area contributed by atoms with Gasteiger partial charge in [0, 0.05) is 23.2 Å². The maximum Gasteiger partial charge on any atom is 0.251 e. The predicted molar refractivity (Wildman–Crippen MR) is 112 cm³/mol. The van der Waals surface area contributed by atoms with Crippen molar-refractivity contribution in [3.8, 4) is 0 Å². The molecule has 0 aromatic heterocycles. The van der Waals surface area contributed by atoms with E-state index in [0.717, 1.165) is 25.9 Å². The van der Waals surface area contributed by atoms with Crippen molar-refractivity contribution >= 4 is 33.9 Å². The minimum atomic E-state index is -3.85. The summed E-state index contributed by atoms with van der Waals surface area (Å²) < 4.78 is 26.0. The van der Waals surface area contributed by atoms with E-state index < -0.39 is 9.84 Å². The molecule has 2 aromatic carbocycles. The maximum atomic E-state index is 13.0. The van der Waals surface area contributed by atoms with Crippen LogP contribution in [0.1, 0.15) is 46.0 Å². The quantitative estimate of drug-likeness (QED) is 0.661. The lowest BCUT2D eigenvalue weighted by Gasteiger charge is -2.34. The topological polar surface area (TPSA) is 92.3 Å². The molecule has 0 spiro atoms. The van der Waals surface area contributed by atoms with Crippen molar-refractivity contribution < 1.29 is 18.0 Å². The molecular formula is C21H23ClN2O4S. The molecule has 1 saturated heterocycles. The number of amides is 1. The molecule has 2 aliphatic rings. The molecule has 0 saturated carbocycles. The van der Waals surface area contributed by atoms with Crippen LogP contribution in [-0.4, -0.2) is 39.7 Å². The van der Waals surface area contributed by atoms with Gasteiger partial charge in [-0.2, -0.15) is 0 Å². The average Bonchev–Trinajstić information content (AvgIpc) is 2.71. The molecule has 2 aromatic rings. The number of ketones is 1. The van der Waals surface area contributed by atoms with E-state index in [1.165, 1.54) is 30.3 Å². The van der Waals surface area contributed by atoms with E-state index in [2.05, 4.69) is 17.6 Å². The number of hydrogen-bond acceptors (Lipinski definition) is 5. The summed E-state index contributed by atoms with van der Waals surface area (Å²) in [6, 6.07) is 10.4. The summed E-state index contributed by atoms with van der Waals surface area (Å²) in [4.78, 5) is 25.2.